The highest BCUT2D eigenvalue weighted by molar-refractivity contribution is 5.68. The largest absolute Gasteiger partial charge is 0.431 e. The minimum Gasteiger partial charge on any atom is -0.431 e. The summed E-state index contributed by atoms with van der Waals surface area (Å²) < 4.78 is 9.91. The van der Waals surface area contributed by atoms with Crippen LogP contribution in [0.5, 0.6) is 0 Å². The lowest BCUT2D eigenvalue weighted by molar-refractivity contribution is -0.137. The van der Waals surface area contributed by atoms with Crippen LogP contribution in [-0.4, -0.2) is 11.9 Å². The molecule has 0 amide bonds. The predicted octanol–water partition coefficient (Wildman–Crippen LogP) is 2.06. The summed E-state index contributed by atoms with van der Waals surface area (Å²) in [6.45, 7) is 2.69. The summed E-state index contributed by atoms with van der Waals surface area (Å²) in [4.78, 5) is 21.5. The normalized spacial score (nSPS) is 15.9. The van der Waals surface area contributed by atoms with Crippen LogP contribution >= 0.6 is 0 Å². The van der Waals surface area contributed by atoms with Crippen LogP contribution in [0.4, 0.5) is 0 Å². The molecule has 4 nitrogen and oxygen atoms in total. The number of rotatable bonds is 2. The van der Waals surface area contributed by atoms with Crippen molar-refractivity contribution in [2.75, 3.05) is 0 Å². The number of hydrogen-bond donors (Lipinski definition) is 0. The van der Waals surface area contributed by atoms with E-state index < -0.39 is 0 Å². The molecule has 0 aromatic carbocycles. The highest BCUT2D eigenvalue weighted by Gasteiger charge is 2.09. The smallest absolute Gasteiger partial charge is 0.308 e. The standard InChI is InChI=1S/C11H14O4/c1-8(12)14-10-5-3-4-6-11(7-10)15-9(2)13/h5,7H,3-4,6H2,1-2H3. The molecule has 0 heterocycles. The van der Waals surface area contributed by atoms with Gasteiger partial charge in [0.2, 0.25) is 0 Å². The van der Waals surface area contributed by atoms with Gasteiger partial charge in [0.25, 0.3) is 0 Å². The third-order valence-corrected chi connectivity index (χ3v) is 1.81. The van der Waals surface area contributed by atoms with Crippen LogP contribution in [0.2, 0.25) is 0 Å². The number of allylic oxidation sites excluding steroid dienone is 3. The fraction of sp³-hybridized carbons (Fsp3) is 0.455. The monoisotopic (exact) mass is 210 g/mol. The maximum Gasteiger partial charge on any atom is 0.308 e. The average molecular weight is 210 g/mol. The van der Waals surface area contributed by atoms with E-state index in [4.69, 9.17) is 9.47 Å². The minimum atomic E-state index is -0.374. The van der Waals surface area contributed by atoms with Crippen molar-refractivity contribution in [1.29, 1.82) is 0 Å². The van der Waals surface area contributed by atoms with Crippen molar-refractivity contribution < 1.29 is 19.1 Å². The van der Waals surface area contributed by atoms with E-state index in [1.54, 1.807) is 6.08 Å². The van der Waals surface area contributed by atoms with Crippen molar-refractivity contribution in [3.05, 3.63) is 23.7 Å². The van der Waals surface area contributed by atoms with Gasteiger partial charge < -0.3 is 9.47 Å². The molecule has 1 aliphatic carbocycles. The fourth-order valence-corrected chi connectivity index (χ4v) is 1.31. The van der Waals surface area contributed by atoms with Gasteiger partial charge >= 0.3 is 11.9 Å². The lowest BCUT2D eigenvalue weighted by Gasteiger charge is -2.05. The van der Waals surface area contributed by atoms with Gasteiger partial charge in [-0.25, -0.2) is 0 Å². The van der Waals surface area contributed by atoms with Crippen molar-refractivity contribution in [2.45, 2.75) is 33.1 Å². The van der Waals surface area contributed by atoms with Crippen LogP contribution < -0.4 is 0 Å². The van der Waals surface area contributed by atoms with Crippen LogP contribution in [0.25, 0.3) is 0 Å². The molecule has 0 N–H and O–H groups in total. The zero-order chi connectivity index (χ0) is 11.3. The molecule has 82 valence electrons. The number of ether oxygens (including phenoxy) is 2. The SMILES string of the molecule is CC(=O)OC1=CCCCC(OC(C)=O)=C1. The first-order valence-electron chi connectivity index (χ1n) is 4.85. The average Bonchev–Trinajstić information content (AvgIpc) is 2.28. The highest BCUT2D eigenvalue weighted by atomic mass is 16.5. The fourth-order valence-electron chi connectivity index (χ4n) is 1.31. The Labute approximate surface area is 88.6 Å². The van der Waals surface area contributed by atoms with Gasteiger partial charge in [0, 0.05) is 26.3 Å². The van der Waals surface area contributed by atoms with Gasteiger partial charge in [-0.05, 0) is 18.9 Å². The summed E-state index contributed by atoms with van der Waals surface area (Å²) in [6.07, 6.45) is 5.78. The summed E-state index contributed by atoms with van der Waals surface area (Å²) in [5.74, 6) is 0.274. The maximum absolute atomic E-state index is 10.8. The van der Waals surface area contributed by atoms with E-state index in [1.807, 2.05) is 6.08 Å². The summed E-state index contributed by atoms with van der Waals surface area (Å²) >= 11 is 0. The van der Waals surface area contributed by atoms with E-state index in [0.717, 1.165) is 12.8 Å². The zero-order valence-electron chi connectivity index (χ0n) is 8.91. The van der Waals surface area contributed by atoms with Gasteiger partial charge in [-0.2, -0.15) is 0 Å². The zero-order valence-corrected chi connectivity index (χ0v) is 8.91. The van der Waals surface area contributed by atoms with Crippen LogP contribution in [0.15, 0.2) is 23.7 Å². The number of carbonyl (C=O) groups excluding carboxylic acids is 2. The van der Waals surface area contributed by atoms with Crippen molar-refractivity contribution in [1.82, 2.24) is 0 Å². The third kappa shape index (κ3) is 4.44. The van der Waals surface area contributed by atoms with Crippen LogP contribution in [0, 0.1) is 0 Å². The molecule has 0 spiro atoms. The Kier molecular flexibility index (Phi) is 4.09. The van der Waals surface area contributed by atoms with Gasteiger partial charge in [-0.1, -0.05) is 0 Å². The van der Waals surface area contributed by atoms with Crippen LogP contribution in [-0.2, 0) is 19.1 Å². The molecule has 0 fully saturated rings. The van der Waals surface area contributed by atoms with Crippen molar-refractivity contribution in [3.8, 4) is 0 Å². The third-order valence-electron chi connectivity index (χ3n) is 1.81. The predicted molar refractivity (Wildman–Crippen MR) is 53.5 cm³/mol. The molecule has 0 atom stereocenters. The van der Waals surface area contributed by atoms with Crippen molar-refractivity contribution >= 4 is 11.9 Å². The first kappa shape index (κ1) is 11.5. The molecule has 1 rings (SSSR count). The first-order valence-corrected chi connectivity index (χ1v) is 4.85. The Morgan fingerprint density at radius 2 is 1.87 bits per heavy atom. The van der Waals surface area contributed by atoms with E-state index in [9.17, 15) is 9.59 Å². The molecule has 0 bridgehead atoms. The molecule has 0 unspecified atom stereocenters. The molecule has 15 heavy (non-hydrogen) atoms. The van der Waals surface area contributed by atoms with E-state index >= 15 is 0 Å². The number of carbonyl (C=O) groups is 2. The quantitative estimate of drug-likeness (QED) is 0.654. The molecule has 0 aliphatic heterocycles. The first-order chi connectivity index (χ1) is 7.08. The summed E-state index contributed by atoms with van der Waals surface area (Å²) in [7, 11) is 0. The topological polar surface area (TPSA) is 52.6 Å². The van der Waals surface area contributed by atoms with E-state index in [1.165, 1.54) is 13.8 Å². The molecule has 4 heteroatoms. The van der Waals surface area contributed by atoms with Crippen molar-refractivity contribution in [3.63, 3.8) is 0 Å². The van der Waals surface area contributed by atoms with Gasteiger partial charge in [-0.15, -0.1) is 0 Å². The van der Waals surface area contributed by atoms with Gasteiger partial charge in [0.15, 0.2) is 0 Å². The summed E-state index contributed by atoms with van der Waals surface area (Å²) in [6, 6.07) is 0. The molecular formula is C11H14O4. The lowest BCUT2D eigenvalue weighted by Crippen LogP contribution is -2.01. The van der Waals surface area contributed by atoms with Crippen LogP contribution in [0.1, 0.15) is 33.1 Å². The second kappa shape index (κ2) is 5.34. The minimum absolute atomic E-state index is 0.356. The van der Waals surface area contributed by atoms with Crippen LogP contribution in [0.3, 0.4) is 0 Å². The summed E-state index contributed by atoms with van der Waals surface area (Å²) in [5.41, 5.74) is 0. The van der Waals surface area contributed by atoms with Gasteiger partial charge in [0.05, 0.1) is 0 Å². The van der Waals surface area contributed by atoms with Gasteiger partial charge in [0.1, 0.15) is 11.5 Å². The Hall–Kier alpha value is -1.58. The molecular weight excluding hydrogens is 196 g/mol. The molecule has 0 radical (unpaired) electrons. The molecule has 1 aliphatic rings. The molecule has 0 saturated carbocycles. The van der Waals surface area contributed by atoms with E-state index in [2.05, 4.69) is 0 Å². The van der Waals surface area contributed by atoms with E-state index in [-0.39, 0.29) is 11.9 Å². The van der Waals surface area contributed by atoms with Gasteiger partial charge in [-0.3, -0.25) is 9.59 Å². The van der Waals surface area contributed by atoms with E-state index in [0.29, 0.717) is 17.9 Å². The highest BCUT2D eigenvalue weighted by Crippen LogP contribution is 2.19. The second-order valence-corrected chi connectivity index (χ2v) is 3.30. The molecule has 0 aromatic heterocycles. The lowest BCUT2D eigenvalue weighted by atomic mass is 10.2. The Morgan fingerprint density at radius 3 is 2.47 bits per heavy atom. The second-order valence-electron chi connectivity index (χ2n) is 3.30. The Bertz CT molecular complexity index is 325. The van der Waals surface area contributed by atoms with Crippen molar-refractivity contribution in [2.24, 2.45) is 0 Å². The maximum atomic E-state index is 10.8. The summed E-state index contributed by atoms with van der Waals surface area (Å²) in [5, 5.41) is 0. The molecule has 0 aromatic rings. The Morgan fingerprint density at radius 1 is 1.20 bits per heavy atom. The number of hydrogen-bond acceptors (Lipinski definition) is 4. The Balaban J connectivity index is 2.71. The number of esters is 2. The molecule has 0 saturated heterocycles.